The quantitative estimate of drug-likeness (QED) is 0.747. The molecule has 2 N–H and O–H groups in total. The van der Waals surface area contributed by atoms with E-state index >= 15 is 0 Å². The number of halogens is 1. The molecule has 13 heavy (non-hydrogen) atoms. The molecular formula is C9H9FN2O. The van der Waals surface area contributed by atoms with Gasteiger partial charge in [-0.25, -0.2) is 4.39 Å². The molecule has 4 heteroatoms. The molecule has 1 unspecified atom stereocenters. The third-order valence-electron chi connectivity index (χ3n) is 1.68. The van der Waals surface area contributed by atoms with Crippen molar-refractivity contribution in [3.63, 3.8) is 0 Å². The molecular weight excluding hydrogens is 171 g/mol. The third-order valence-corrected chi connectivity index (χ3v) is 1.68. The molecule has 0 radical (unpaired) electrons. The van der Waals surface area contributed by atoms with Crippen LogP contribution in [0.1, 0.15) is 11.6 Å². The van der Waals surface area contributed by atoms with Crippen LogP contribution in [-0.4, -0.2) is 7.11 Å². The van der Waals surface area contributed by atoms with Crippen LogP contribution in [-0.2, 0) is 0 Å². The van der Waals surface area contributed by atoms with Gasteiger partial charge in [-0.1, -0.05) is 0 Å². The molecule has 3 nitrogen and oxygen atoms in total. The number of ether oxygens (including phenoxy) is 1. The molecule has 68 valence electrons. The maximum atomic E-state index is 13.2. The zero-order valence-corrected chi connectivity index (χ0v) is 7.12. The Hall–Kier alpha value is -1.60. The van der Waals surface area contributed by atoms with E-state index in [1.165, 1.54) is 19.2 Å². The summed E-state index contributed by atoms with van der Waals surface area (Å²) in [7, 11) is 1.44. The SMILES string of the molecule is COc1ccc(C(N)C#N)c(F)c1. The van der Waals surface area contributed by atoms with Crippen molar-refractivity contribution in [3.8, 4) is 11.8 Å². The summed E-state index contributed by atoms with van der Waals surface area (Å²) in [5, 5.41) is 8.47. The Labute approximate surface area is 75.5 Å². The van der Waals surface area contributed by atoms with Crippen LogP contribution < -0.4 is 10.5 Å². The van der Waals surface area contributed by atoms with Crippen LogP contribution in [0.15, 0.2) is 18.2 Å². The maximum absolute atomic E-state index is 13.2. The summed E-state index contributed by atoms with van der Waals surface area (Å²) in [5.41, 5.74) is 5.53. The standard InChI is InChI=1S/C9H9FN2O/c1-13-6-2-3-7(8(10)4-6)9(12)5-11/h2-4,9H,12H2,1H3. The molecule has 0 fully saturated rings. The molecule has 0 aliphatic heterocycles. The molecule has 1 rings (SSSR count). The van der Waals surface area contributed by atoms with Gasteiger partial charge in [-0.3, -0.25) is 0 Å². The second-order valence-electron chi connectivity index (χ2n) is 2.49. The van der Waals surface area contributed by atoms with E-state index in [-0.39, 0.29) is 5.56 Å². The predicted molar refractivity (Wildman–Crippen MR) is 45.5 cm³/mol. The molecule has 0 amide bonds. The number of nitrogens with two attached hydrogens (primary N) is 1. The van der Waals surface area contributed by atoms with Crippen molar-refractivity contribution in [1.29, 1.82) is 5.26 Å². The van der Waals surface area contributed by atoms with Crippen LogP contribution in [0.25, 0.3) is 0 Å². The Balaban J connectivity index is 3.06. The first kappa shape index (κ1) is 9.49. The Morgan fingerprint density at radius 3 is 2.77 bits per heavy atom. The number of benzene rings is 1. The average molecular weight is 180 g/mol. The van der Waals surface area contributed by atoms with E-state index in [1.54, 1.807) is 12.1 Å². The second kappa shape index (κ2) is 3.87. The first-order chi connectivity index (χ1) is 6.19. The van der Waals surface area contributed by atoms with Gasteiger partial charge < -0.3 is 10.5 Å². The minimum Gasteiger partial charge on any atom is -0.497 e. The summed E-state index contributed by atoms with van der Waals surface area (Å²) in [6.45, 7) is 0. The molecule has 0 bridgehead atoms. The van der Waals surface area contributed by atoms with E-state index in [0.29, 0.717) is 5.75 Å². The van der Waals surface area contributed by atoms with Gasteiger partial charge >= 0.3 is 0 Å². The summed E-state index contributed by atoms with van der Waals surface area (Å²) in [6.07, 6.45) is 0. The molecule has 1 aromatic carbocycles. The van der Waals surface area contributed by atoms with Crippen LogP contribution in [0, 0.1) is 17.1 Å². The van der Waals surface area contributed by atoms with Gasteiger partial charge in [0.25, 0.3) is 0 Å². The summed E-state index contributed by atoms with van der Waals surface area (Å²) in [5.74, 6) is -0.111. The average Bonchev–Trinajstić information content (AvgIpc) is 2.16. The summed E-state index contributed by atoms with van der Waals surface area (Å²) < 4.78 is 18.0. The van der Waals surface area contributed by atoms with Crippen LogP contribution in [0.5, 0.6) is 5.75 Å². The zero-order chi connectivity index (χ0) is 9.84. The lowest BCUT2D eigenvalue weighted by atomic mass is 10.1. The largest absolute Gasteiger partial charge is 0.497 e. The molecule has 1 atom stereocenters. The Morgan fingerprint density at radius 1 is 1.62 bits per heavy atom. The van der Waals surface area contributed by atoms with E-state index in [0.717, 1.165) is 0 Å². The van der Waals surface area contributed by atoms with E-state index in [2.05, 4.69) is 0 Å². The summed E-state index contributed by atoms with van der Waals surface area (Å²) >= 11 is 0. The van der Waals surface area contributed by atoms with E-state index in [4.69, 9.17) is 15.7 Å². The number of methoxy groups -OCH3 is 1. The van der Waals surface area contributed by atoms with Gasteiger partial charge in [0.2, 0.25) is 0 Å². The van der Waals surface area contributed by atoms with Crippen LogP contribution in [0.4, 0.5) is 4.39 Å². The molecule has 0 saturated heterocycles. The second-order valence-corrected chi connectivity index (χ2v) is 2.49. The van der Waals surface area contributed by atoms with Gasteiger partial charge in [-0.05, 0) is 12.1 Å². The maximum Gasteiger partial charge on any atom is 0.132 e. The molecule has 0 spiro atoms. The van der Waals surface area contributed by atoms with Crippen molar-refractivity contribution in [2.45, 2.75) is 6.04 Å². The summed E-state index contributed by atoms with van der Waals surface area (Å²) in [4.78, 5) is 0. The fourth-order valence-corrected chi connectivity index (χ4v) is 0.957. The monoisotopic (exact) mass is 180 g/mol. The smallest absolute Gasteiger partial charge is 0.132 e. The Bertz CT molecular complexity index is 346. The van der Waals surface area contributed by atoms with Gasteiger partial charge in [0.15, 0.2) is 0 Å². The normalized spacial score (nSPS) is 11.8. The van der Waals surface area contributed by atoms with Gasteiger partial charge in [-0.15, -0.1) is 0 Å². The van der Waals surface area contributed by atoms with Crippen molar-refractivity contribution in [2.24, 2.45) is 5.73 Å². The van der Waals surface area contributed by atoms with E-state index < -0.39 is 11.9 Å². The Kier molecular flexibility index (Phi) is 2.83. The fourth-order valence-electron chi connectivity index (χ4n) is 0.957. The lowest BCUT2D eigenvalue weighted by molar-refractivity contribution is 0.410. The van der Waals surface area contributed by atoms with E-state index in [9.17, 15) is 4.39 Å². The van der Waals surface area contributed by atoms with Crippen molar-refractivity contribution >= 4 is 0 Å². The van der Waals surface area contributed by atoms with Gasteiger partial charge in [-0.2, -0.15) is 5.26 Å². The number of rotatable bonds is 2. The zero-order valence-electron chi connectivity index (χ0n) is 7.12. The minimum absolute atomic E-state index is 0.184. The minimum atomic E-state index is -0.925. The number of nitrogens with zero attached hydrogens (tertiary/aromatic N) is 1. The molecule has 0 aromatic heterocycles. The fraction of sp³-hybridized carbons (Fsp3) is 0.222. The van der Waals surface area contributed by atoms with Crippen molar-refractivity contribution in [1.82, 2.24) is 0 Å². The van der Waals surface area contributed by atoms with Crippen molar-refractivity contribution in [3.05, 3.63) is 29.6 Å². The first-order valence-corrected chi connectivity index (χ1v) is 3.67. The highest BCUT2D eigenvalue weighted by molar-refractivity contribution is 5.32. The number of hydrogen-bond acceptors (Lipinski definition) is 3. The molecule has 0 heterocycles. The highest BCUT2D eigenvalue weighted by atomic mass is 19.1. The van der Waals surface area contributed by atoms with Crippen molar-refractivity contribution in [2.75, 3.05) is 7.11 Å². The van der Waals surface area contributed by atoms with E-state index in [1.807, 2.05) is 0 Å². The highest BCUT2D eigenvalue weighted by Gasteiger charge is 2.10. The van der Waals surface area contributed by atoms with Crippen LogP contribution in [0.3, 0.4) is 0 Å². The molecule has 0 saturated carbocycles. The van der Waals surface area contributed by atoms with Crippen LogP contribution in [0.2, 0.25) is 0 Å². The number of nitriles is 1. The first-order valence-electron chi connectivity index (χ1n) is 3.67. The summed E-state index contributed by atoms with van der Waals surface area (Å²) in [6, 6.07) is 5.04. The lowest BCUT2D eigenvalue weighted by Gasteiger charge is -2.06. The van der Waals surface area contributed by atoms with Gasteiger partial charge in [0.05, 0.1) is 13.2 Å². The van der Waals surface area contributed by atoms with Gasteiger partial charge in [0, 0.05) is 11.6 Å². The lowest BCUT2D eigenvalue weighted by Crippen LogP contribution is -2.09. The number of hydrogen-bond donors (Lipinski definition) is 1. The molecule has 0 aliphatic carbocycles. The Morgan fingerprint density at radius 2 is 2.31 bits per heavy atom. The van der Waals surface area contributed by atoms with Gasteiger partial charge in [0.1, 0.15) is 17.6 Å². The topological polar surface area (TPSA) is 59.0 Å². The highest BCUT2D eigenvalue weighted by Crippen LogP contribution is 2.19. The predicted octanol–water partition coefficient (Wildman–Crippen LogP) is 1.36. The van der Waals surface area contributed by atoms with Crippen LogP contribution >= 0.6 is 0 Å². The third kappa shape index (κ3) is 1.95. The molecule has 0 aliphatic rings. The van der Waals surface area contributed by atoms with Crippen molar-refractivity contribution < 1.29 is 9.13 Å². The molecule has 1 aromatic rings.